The minimum atomic E-state index is 0.551. The van der Waals surface area contributed by atoms with E-state index in [4.69, 9.17) is 4.99 Å². The third-order valence-corrected chi connectivity index (χ3v) is 4.45. The van der Waals surface area contributed by atoms with E-state index in [1.54, 1.807) is 11.3 Å². The molecular formula is C16H22N2S. The molecule has 0 aliphatic heterocycles. The average Bonchev–Trinajstić information content (AvgIpc) is 2.76. The van der Waals surface area contributed by atoms with Crippen LogP contribution in [-0.4, -0.2) is 4.57 Å². The van der Waals surface area contributed by atoms with Gasteiger partial charge < -0.3 is 4.57 Å². The van der Waals surface area contributed by atoms with Crippen LogP contribution in [-0.2, 0) is 0 Å². The van der Waals surface area contributed by atoms with Crippen molar-refractivity contribution in [2.45, 2.75) is 46.6 Å². The van der Waals surface area contributed by atoms with Gasteiger partial charge in [-0.05, 0) is 38.8 Å². The maximum atomic E-state index is 4.80. The van der Waals surface area contributed by atoms with Crippen molar-refractivity contribution >= 4 is 17.0 Å². The van der Waals surface area contributed by atoms with Crippen LogP contribution in [0.25, 0.3) is 0 Å². The number of aryl methyl sites for hydroxylation is 2. The Morgan fingerprint density at radius 3 is 2.32 bits per heavy atom. The molecule has 2 aromatic rings. The Morgan fingerprint density at radius 1 is 1.11 bits per heavy atom. The van der Waals surface area contributed by atoms with Gasteiger partial charge in [0, 0.05) is 17.1 Å². The quantitative estimate of drug-likeness (QED) is 0.765. The van der Waals surface area contributed by atoms with Crippen LogP contribution in [0.15, 0.2) is 34.6 Å². The summed E-state index contributed by atoms with van der Waals surface area (Å²) in [6.07, 6.45) is 2.30. The van der Waals surface area contributed by atoms with E-state index in [0.717, 1.165) is 23.3 Å². The van der Waals surface area contributed by atoms with Crippen LogP contribution in [0, 0.1) is 13.8 Å². The van der Waals surface area contributed by atoms with E-state index in [0.29, 0.717) is 6.04 Å². The maximum Gasteiger partial charge on any atom is 0.190 e. The third-order valence-electron chi connectivity index (χ3n) is 3.49. The molecule has 0 fully saturated rings. The van der Waals surface area contributed by atoms with Gasteiger partial charge in [-0.25, -0.2) is 4.99 Å². The predicted molar refractivity (Wildman–Crippen MR) is 83.1 cm³/mol. The fourth-order valence-electron chi connectivity index (χ4n) is 2.31. The maximum absolute atomic E-state index is 4.80. The SMILES string of the molecule is CCC(CC)n1c(C)csc1=Nc1ccc(C)cc1. The molecule has 1 aromatic heterocycles. The molecule has 0 saturated heterocycles. The van der Waals surface area contributed by atoms with E-state index in [-0.39, 0.29) is 0 Å². The van der Waals surface area contributed by atoms with Crippen LogP contribution in [0.4, 0.5) is 5.69 Å². The highest BCUT2D eigenvalue weighted by Crippen LogP contribution is 2.18. The summed E-state index contributed by atoms with van der Waals surface area (Å²) in [7, 11) is 0. The number of hydrogen-bond donors (Lipinski definition) is 0. The van der Waals surface area contributed by atoms with Gasteiger partial charge in [-0.15, -0.1) is 11.3 Å². The Balaban J connectivity index is 2.48. The van der Waals surface area contributed by atoms with Crippen LogP contribution in [0.1, 0.15) is 44.0 Å². The topological polar surface area (TPSA) is 17.3 Å². The Bertz CT molecular complexity index is 586. The summed E-state index contributed by atoms with van der Waals surface area (Å²) in [6, 6.07) is 8.94. The first kappa shape index (κ1) is 14.1. The molecule has 0 aliphatic rings. The van der Waals surface area contributed by atoms with Crippen molar-refractivity contribution in [1.82, 2.24) is 4.57 Å². The predicted octanol–water partition coefficient (Wildman–Crippen LogP) is 4.76. The highest BCUT2D eigenvalue weighted by atomic mass is 32.1. The molecule has 0 unspecified atom stereocenters. The highest BCUT2D eigenvalue weighted by molar-refractivity contribution is 7.07. The molecule has 0 spiro atoms. The standard InChI is InChI=1S/C16H22N2S/c1-5-15(6-2)18-13(4)11-19-16(18)17-14-9-7-12(3)8-10-14/h7-11,15H,5-6H2,1-4H3. The molecule has 1 heterocycles. The van der Waals surface area contributed by atoms with Crippen molar-refractivity contribution in [2.75, 3.05) is 0 Å². The van der Waals surface area contributed by atoms with Gasteiger partial charge in [-0.3, -0.25) is 0 Å². The van der Waals surface area contributed by atoms with Crippen LogP contribution in [0.2, 0.25) is 0 Å². The van der Waals surface area contributed by atoms with Gasteiger partial charge in [0.25, 0.3) is 0 Å². The molecule has 2 rings (SSSR count). The highest BCUT2D eigenvalue weighted by Gasteiger charge is 2.10. The Morgan fingerprint density at radius 2 is 1.74 bits per heavy atom. The zero-order valence-corrected chi connectivity index (χ0v) is 13.0. The molecule has 0 bridgehead atoms. The number of rotatable bonds is 4. The second kappa shape index (κ2) is 6.20. The minimum Gasteiger partial charge on any atom is -0.318 e. The number of aromatic nitrogens is 1. The number of nitrogens with zero attached hydrogens (tertiary/aromatic N) is 2. The summed E-state index contributed by atoms with van der Waals surface area (Å²) in [6.45, 7) is 8.76. The van der Waals surface area contributed by atoms with Crippen molar-refractivity contribution in [3.05, 3.63) is 45.7 Å². The summed E-state index contributed by atoms with van der Waals surface area (Å²) >= 11 is 1.73. The van der Waals surface area contributed by atoms with Crippen molar-refractivity contribution in [1.29, 1.82) is 0 Å². The van der Waals surface area contributed by atoms with Crippen LogP contribution < -0.4 is 4.80 Å². The van der Waals surface area contributed by atoms with Gasteiger partial charge >= 0.3 is 0 Å². The number of thiazole rings is 1. The molecule has 102 valence electrons. The normalized spacial score (nSPS) is 12.4. The Hall–Kier alpha value is -1.35. The lowest BCUT2D eigenvalue weighted by Gasteiger charge is -2.16. The van der Waals surface area contributed by atoms with Crippen molar-refractivity contribution in [3.8, 4) is 0 Å². The first-order valence-corrected chi connectivity index (χ1v) is 7.81. The minimum absolute atomic E-state index is 0.551. The lowest BCUT2D eigenvalue weighted by Crippen LogP contribution is -2.21. The van der Waals surface area contributed by atoms with E-state index in [2.05, 4.69) is 61.9 Å². The summed E-state index contributed by atoms with van der Waals surface area (Å²) in [5.74, 6) is 0. The summed E-state index contributed by atoms with van der Waals surface area (Å²) in [4.78, 5) is 5.91. The zero-order valence-electron chi connectivity index (χ0n) is 12.2. The molecule has 0 N–H and O–H groups in total. The first-order chi connectivity index (χ1) is 9.15. The van der Waals surface area contributed by atoms with Gasteiger partial charge in [-0.1, -0.05) is 31.5 Å². The van der Waals surface area contributed by atoms with Crippen LogP contribution in [0.5, 0.6) is 0 Å². The number of hydrogen-bond acceptors (Lipinski definition) is 2. The van der Waals surface area contributed by atoms with E-state index < -0.39 is 0 Å². The zero-order chi connectivity index (χ0) is 13.8. The fraction of sp³-hybridized carbons (Fsp3) is 0.438. The molecule has 1 aromatic carbocycles. The molecule has 0 radical (unpaired) electrons. The summed E-state index contributed by atoms with van der Waals surface area (Å²) in [5, 5.41) is 2.20. The molecule has 0 atom stereocenters. The molecule has 0 aliphatic carbocycles. The second-order valence-electron chi connectivity index (χ2n) is 4.95. The van der Waals surface area contributed by atoms with Gasteiger partial charge in [0.1, 0.15) is 0 Å². The van der Waals surface area contributed by atoms with Crippen molar-refractivity contribution in [2.24, 2.45) is 4.99 Å². The lowest BCUT2D eigenvalue weighted by molar-refractivity contribution is 0.454. The van der Waals surface area contributed by atoms with Gasteiger partial charge in [-0.2, -0.15) is 0 Å². The van der Waals surface area contributed by atoms with Crippen molar-refractivity contribution in [3.63, 3.8) is 0 Å². The van der Waals surface area contributed by atoms with Gasteiger partial charge in [0.05, 0.1) is 5.69 Å². The fourth-order valence-corrected chi connectivity index (χ4v) is 3.26. The average molecular weight is 274 g/mol. The second-order valence-corrected chi connectivity index (χ2v) is 5.78. The van der Waals surface area contributed by atoms with E-state index >= 15 is 0 Å². The number of benzene rings is 1. The third kappa shape index (κ3) is 3.16. The largest absolute Gasteiger partial charge is 0.318 e. The van der Waals surface area contributed by atoms with E-state index in [9.17, 15) is 0 Å². The van der Waals surface area contributed by atoms with Gasteiger partial charge in [0.2, 0.25) is 0 Å². The van der Waals surface area contributed by atoms with E-state index in [1.165, 1.54) is 11.3 Å². The Kier molecular flexibility index (Phi) is 4.59. The molecule has 0 amide bonds. The molecule has 2 nitrogen and oxygen atoms in total. The molecule has 19 heavy (non-hydrogen) atoms. The Labute approximate surface area is 119 Å². The van der Waals surface area contributed by atoms with E-state index in [1.807, 2.05) is 0 Å². The smallest absolute Gasteiger partial charge is 0.190 e. The molecule has 3 heteroatoms. The van der Waals surface area contributed by atoms with Gasteiger partial charge in [0.15, 0.2) is 4.80 Å². The van der Waals surface area contributed by atoms with Crippen LogP contribution >= 0.6 is 11.3 Å². The van der Waals surface area contributed by atoms with Crippen LogP contribution in [0.3, 0.4) is 0 Å². The summed E-state index contributed by atoms with van der Waals surface area (Å²) < 4.78 is 2.38. The monoisotopic (exact) mass is 274 g/mol. The van der Waals surface area contributed by atoms with Crippen molar-refractivity contribution < 1.29 is 0 Å². The molecular weight excluding hydrogens is 252 g/mol. The lowest BCUT2D eigenvalue weighted by atomic mass is 10.1. The molecule has 0 saturated carbocycles. The summed E-state index contributed by atoms with van der Waals surface area (Å²) in [5.41, 5.74) is 3.62. The first-order valence-electron chi connectivity index (χ1n) is 6.93.